The summed E-state index contributed by atoms with van der Waals surface area (Å²) >= 11 is 0. The summed E-state index contributed by atoms with van der Waals surface area (Å²) in [5, 5.41) is 3.09. The molecule has 0 fully saturated rings. The van der Waals surface area contributed by atoms with E-state index in [2.05, 4.69) is 41.5 Å². The standard InChI is InChI=1S/C18H25N3O/c1-5-6-13(2)18(22)20-14(3)16-7-9-17(10-8-16)21-12-11-19-15(21)4/h7-14H,5-6H2,1-4H3,(H,20,22)/t13-,14+/m0/s1. The van der Waals surface area contributed by atoms with Crippen molar-refractivity contribution >= 4 is 5.91 Å². The minimum absolute atomic E-state index is 0.0183. The van der Waals surface area contributed by atoms with Crippen molar-refractivity contribution in [3.05, 3.63) is 48.0 Å². The third-order valence-corrected chi connectivity index (χ3v) is 4.03. The maximum Gasteiger partial charge on any atom is 0.223 e. The van der Waals surface area contributed by atoms with Crippen LogP contribution in [-0.4, -0.2) is 15.5 Å². The van der Waals surface area contributed by atoms with Gasteiger partial charge in [0.2, 0.25) is 5.91 Å². The Bertz CT molecular complexity index is 616. The van der Waals surface area contributed by atoms with Gasteiger partial charge in [0.1, 0.15) is 5.82 Å². The molecule has 2 aromatic rings. The number of amides is 1. The molecule has 2 rings (SSSR count). The summed E-state index contributed by atoms with van der Waals surface area (Å²) in [6.07, 6.45) is 5.70. The molecular weight excluding hydrogens is 274 g/mol. The van der Waals surface area contributed by atoms with Crippen LogP contribution in [0.4, 0.5) is 0 Å². The highest BCUT2D eigenvalue weighted by molar-refractivity contribution is 5.78. The van der Waals surface area contributed by atoms with Crippen molar-refractivity contribution in [1.82, 2.24) is 14.9 Å². The summed E-state index contributed by atoms with van der Waals surface area (Å²) in [5.74, 6) is 1.16. The van der Waals surface area contributed by atoms with E-state index in [1.807, 2.05) is 31.5 Å². The molecule has 1 aromatic carbocycles. The fourth-order valence-electron chi connectivity index (χ4n) is 2.58. The van der Waals surface area contributed by atoms with Crippen LogP contribution in [0.5, 0.6) is 0 Å². The van der Waals surface area contributed by atoms with Crippen molar-refractivity contribution in [2.75, 3.05) is 0 Å². The topological polar surface area (TPSA) is 46.9 Å². The molecular formula is C18H25N3O. The van der Waals surface area contributed by atoms with Gasteiger partial charge in [-0.15, -0.1) is 0 Å². The Hall–Kier alpha value is -2.10. The van der Waals surface area contributed by atoms with Crippen LogP contribution >= 0.6 is 0 Å². The number of benzene rings is 1. The van der Waals surface area contributed by atoms with E-state index < -0.39 is 0 Å². The molecule has 1 heterocycles. The molecule has 2 atom stereocenters. The molecule has 0 saturated carbocycles. The summed E-state index contributed by atoms with van der Waals surface area (Å²) in [4.78, 5) is 16.3. The highest BCUT2D eigenvalue weighted by atomic mass is 16.1. The van der Waals surface area contributed by atoms with E-state index in [0.29, 0.717) is 0 Å². The molecule has 0 unspecified atom stereocenters. The third kappa shape index (κ3) is 3.75. The second-order valence-electron chi connectivity index (χ2n) is 5.86. The Morgan fingerprint density at radius 2 is 1.95 bits per heavy atom. The van der Waals surface area contributed by atoms with E-state index in [1.165, 1.54) is 0 Å². The number of imidazole rings is 1. The Morgan fingerprint density at radius 3 is 2.50 bits per heavy atom. The molecule has 0 radical (unpaired) electrons. The Balaban J connectivity index is 2.04. The van der Waals surface area contributed by atoms with Crippen molar-refractivity contribution in [3.8, 4) is 5.69 Å². The average molecular weight is 299 g/mol. The molecule has 0 bridgehead atoms. The quantitative estimate of drug-likeness (QED) is 0.882. The first-order valence-electron chi connectivity index (χ1n) is 7.93. The maximum atomic E-state index is 12.1. The second kappa shape index (κ2) is 7.25. The van der Waals surface area contributed by atoms with E-state index in [9.17, 15) is 4.79 Å². The Morgan fingerprint density at radius 1 is 1.27 bits per heavy atom. The lowest BCUT2D eigenvalue weighted by molar-refractivity contribution is -0.125. The van der Waals surface area contributed by atoms with Gasteiger partial charge in [-0.2, -0.15) is 0 Å². The van der Waals surface area contributed by atoms with Crippen molar-refractivity contribution in [3.63, 3.8) is 0 Å². The lowest BCUT2D eigenvalue weighted by Crippen LogP contribution is -2.31. The SMILES string of the molecule is CCC[C@H](C)C(=O)N[C@H](C)c1ccc(-n2ccnc2C)cc1. The van der Waals surface area contributed by atoms with E-state index >= 15 is 0 Å². The summed E-state index contributed by atoms with van der Waals surface area (Å²) < 4.78 is 2.04. The van der Waals surface area contributed by atoms with E-state index in [4.69, 9.17) is 0 Å². The maximum absolute atomic E-state index is 12.1. The minimum Gasteiger partial charge on any atom is -0.349 e. The average Bonchev–Trinajstić information content (AvgIpc) is 2.93. The highest BCUT2D eigenvalue weighted by Crippen LogP contribution is 2.17. The van der Waals surface area contributed by atoms with Crippen molar-refractivity contribution in [2.24, 2.45) is 5.92 Å². The zero-order valence-electron chi connectivity index (χ0n) is 13.8. The van der Waals surface area contributed by atoms with Crippen LogP contribution in [-0.2, 0) is 4.79 Å². The number of nitrogens with one attached hydrogen (secondary N) is 1. The van der Waals surface area contributed by atoms with Crippen molar-refractivity contribution in [2.45, 2.75) is 46.6 Å². The summed E-state index contributed by atoms with van der Waals surface area (Å²) in [6, 6.07) is 8.25. The first kappa shape index (κ1) is 16.3. The predicted molar refractivity (Wildman–Crippen MR) is 88.9 cm³/mol. The summed E-state index contributed by atoms with van der Waals surface area (Å²) in [7, 11) is 0. The first-order valence-corrected chi connectivity index (χ1v) is 7.93. The van der Waals surface area contributed by atoms with Crippen molar-refractivity contribution < 1.29 is 4.79 Å². The molecule has 22 heavy (non-hydrogen) atoms. The molecule has 1 aromatic heterocycles. The van der Waals surface area contributed by atoms with Gasteiger partial charge in [-0.25, -0.2) is 4.98 Å². The molecule has 1 N–H and O–H groups in total. The third-order valence-electron chi connectivity index (χ3n) is 4.03. The molecule has 0 aliphatic rings. The van der Waals surface area contributed by atoms with E-state index in [-0.39, 0.29) is 17.9 Å². The molecule has 0 aliphatic carbocycles. The predicted octanol–water partition coefficient (Wildman–Crippen LogP) is 3.79. The number of rotatable bonds is 6. The number of aromatic nitrogens is 2. The Kier molecular flexibility index (Phi) is 5.36. The summed E-state index contributed by atoms with van der Waals surface area (Å²) in [5.41, 5.74) is 2.19. The van der Waals surface area contributed by atoms with Crippen LogP contribution in [0.25, 0.3) is 5.69 Å². The monoisotopic (exact) mass is 299 g/mol. The van der Waals surface area contributed by atoms with Crippen LogP contribution in [0.2, 0.25) is 0 Å². The van der Waals surface area contributed by atoms with Crippen LogP contribution in [0.3, 0.4) is 0 Å². The van der Waals surface area contributed by atoms with Gasteiger partial charge in [0, 0.05) is 24.0 Å². The van der Waals surface area contributed by atoms with Gasteiger partial charge in [0.05, 0.1) is 6.04 Å². The van der Waals surface area contributed by atoms with Crippen molar-refractivity contribution in [1.29, 1.82) is 0 Å². The lowest BCUT2D eigenvalue weighted by Gasteiger charge is -2.18. The zero-order chi connectivity index (χ0) is 16.1. The molecule has 4 nitrogen and oxygen atoms in total. The smallest absolute Gasteiger partial charge is 0.223 e. The molecule has 0 saturated heterocycles. The van der Waals surface area contributed by atoms with Gasteiger partial charge in [-0.3, -0.25) is 4.79 Å². The van der Waals surface area contributed by atoms with Crippen LogP contribution < -0.4 is 5.32 Å². The van der Waals surface area contributed by atoms with Gasteiger partial charge in [0.25, 0.3) is 0 Å². The fourth-order valence-corrected chi connectivity index (χ4v) is 2.58. The van der Waals surface area contributed by atoms with Gasteiger partial charge >= 0.3 is 0 Å². The van der Waals surface area contributed by atoms with Gasteiger partial charge in [0.15, 0.2) is 0 Å². The minimum atomic E-state index is 0.0183. The number of carbonyl (C=O) groups excluding carboxylic acids is 1. The number of nitrogens with zero attached hydrogens (tertiary/aromatic N) is 2. The van der Waals surface area contributed by atoms with Crippen LogP contribution in [0.1, 0.15) is 51.0 Å². The lowest BCUT2D eigenvalue weighted by atomic mass is 10.0. The summed E-state index contributed by atoms with van der Waals surface area (Å²) in [6.45, 7) is 8.08. The first-order chi connectivity index (χ1) is 10.5. The number of aryl methyl sites for hydroxylation is 1. The number of hydrogen-bond acceptors (Lipinski definition) is 2. The molecule has 118 valence electrons. The molecule has 1 amide bonds. The van der Waals surface area contributed by atoms with E-state index in [1.54, 1.807) is 6.20 Å². The van der Waals surface area contributed by atoms with Gasteiger partial charge < -0.3 is 9.88 Å². The van der Waals surface area contributed by atoms with Gasteiger partial charge in [-0.05, 0) is 38.0 Å². The highest BCUT2D eigenvalue weighted by Gasteiger charge is 2.15. The second-order valence-corrected chi connectivity index (χ2v) is 5.86. The zero-order valence-corrected chi connectivity index (χ0v) is 13.8. The van der Waals surface area contributed by atoms with E-state index in [0.717, 1.165) is 29.9 Å². The van der Waals surface area contributed by atoms with Gasteiger partial charge in [-0.1, -0.05) is 32.4 Å². The fraction of sp³-hybridized carbons (Fsp3) is 0.444. The molecule has 0 aliphatic heterocycles. The normalized spacial score (nSPS) is 13.6. The van der Waals surface area contributed by atoms with Crippen LogP contribution in [0, 0.1) is 12.8 Å². The molecule has 4 heteroatoms. The Labute approximate surface area is 132 Å². The number of hydrogen-bond donors (Lipinski definition) is 1. The largest absolute Gasteiger partial charge is 0.349 e. The molecule has 0 spiro atoms. The van der Waals surface area contributed by atoms with Crippen LogP contribution in [0.15, 0.2) is 36.7 Å². The number of carbonyl (C=O) groups is 1.